The highest BCUT2D eigenvalue weighted by molar-refractivity contribution is 5.86. The molecule has 0 spiro atoms. The van der Waals surface area contributed by atoms with Crippen LogP contribution in [-0.4, -0.2) is 22.3 Å². The second-order valence-electron chi connectivity index (χ2n) is 6.31. The Morgan fingerprint density at radius 2 is 1.76 bits per heavy atom. The monoisotopic (exact) mass is 337 g/mol. The lowest BCUT2D eigenvalue weighted by Gasteiger charge is -2.17. The van der Waals surface area contributed by atoms with Crippen molar-refractivity contribution in [2.24, 2.45) is 0 Å². The third-order valence-corrected chi connectivity index (χ3v) is 4.80. The number of methoxy groups -OCH3 is 1. The fourth-order valence-corrected chi connectivity index (χ4v) is 3.24. The highest BCUT2D eigenvalue weighted by Crippen LogP contribution is 2.32. The molecule has 3 rings (SSSR count). The minimum atomic E-state index is -0.104. The second kappa shape index (κ2) is 7.21. The summed E-state index contributed by atoms with van der Waals surface area (Å²) in [5.74, 6) is 0.938. The predicted molar refractivity (Wildman–Crippen MR) is 98.8 cm³/mol. The van der Waals surface area contributed by atoms with Crippen LogP contribution in [0.25, 0.3) is 10.8 Å². The molecular weight excluding hydrogens is 314 g/mol. The smallest absolute Gasteiger partial charge is 0.122 e. The van der Waals surface area contributed by atoms with Gasteiger partial charge in [0.2, 0.25) is 0 Å². The van der Waals surface area contributed by atoms with Gasteiger partial charge in [-0.2, -0.15) is 0 Å². The Labute approximate surface area is 147 Å². The standard InChI is InChI=1S/C21H23NO3/c1-13-4-5-15(10-20(13)25-3)14(2)21-19-9-18(12-24)17(11-23)8-16(19)6-7-22-21/h4-10,14,23-24H,11-12H2,1-3H3. The number of aryl methyl sites for hydroxylation is 1. The normalized spacial score (nSPS) is 12.4. The van der Waals surface area contributed by atoms with Crippen molar-refractivity contribution < 1.29 is 14.9 Å². The van der Waals surface area contributed by atoms with Crippen molar-refractivity contribution in [3.05, 3.63) is 70.5 Å². The molecule has 4 nitrogen and oxygen atoms in total. The molecule has 0 saturated heterocycles. The predicted octanol–water partition coefficient (Wildman–Crippen LogP) is 3.69. The number of hydrogen-bond donors (Lipinski definition) is 2. The Morgan fingerprint density at radius 3 is 2.44 bits per heavy atom. The van der Waals surface area contributed by atoms with Crippen LogP contribution in [-0.2, 0) is 13.2 Å². The number of nitrogens with zero attached hydrogens (tertiary/aromatic N) is 1. The molecule has 0 bridgehead atoms. The van der Waals surface area contributed by atoms with Gasteiger partial charge in [0, 0.05) is 17.5 Å². The van der Waals surface area contributed by atoms with Crippen LogP contribution < -0.4 is 4.74 Å². The number of aromatic nitrogens is 1. The van der Waals surface area contributed by atoms with Crippen molar-refractivity contribution in [1.29, 1.82) is 0 Å². The maximum Gasteiger partial charge on any atom is 0.122 e. The average molecular weight is 337 g/mol. The molecule has 0 amide bonds. The van der Waals surface area contributed by atoms with Crippen LogP contribution >= 0.6 is 0 Å². The number of aliphatic hydroxyl groups is 2. The first-order chi connectivity index (χ1) is 12.1. The summed E-state index contributed by atoms with van der Waals surface area (Å²) < 4.78 is 5.44. The van der Waals surface area contributed by atoms with E-state index in [1.54, 1.807) is 13.3 Å². The van der Waals surface area contributed by atoms with Gasteiger partial charge in [-0.15, -0.1) is 0 Å². The maximum atomic E-state index is 9.61. The summed E-state index contributed by atoms with van der Waals surface area (Å²) in [5, 5.41) is 21.1. The van der Waals surface area contributed by atoms with Gasteiger partial charge in [-0.1, -0.05) is 19.1 Å². The highest BCUT2D eigenvalue weighted by Gasteiger charge is 2.16. The van der Waals surface area contributed by atoms with Crippen molar-refractivity contribution >= 4 is 10.8 Å². The summed E-state index contributed by atoms with van der Waals surface area (Å²) in [6, 6.07) is 12.0. The van der Waals surface area contributed by atoms with Crippen LogP contribution in [0.15, 0.2) is 42.6 Å². The maximum absolute atomic E-state index is 9.61. The van der Waals surface area contributed by atoms with Crippen molar-refractivity contribution in [2.75, 3.05) is 7.11 Å². The fraction of sp³-hybridized carbons (Fsp3) is 0.286. The number of pyridine rings is 1. The zero-order valence-electron chi connectivity index (χ0n) is 14.8. The minimum absolute atomic E-state index is 0.0738. The topological polar surface area (TPSA) is 62.6 Å². The fourth-order valence-electron chi connectivity index (χ4n) is 3.24. The molecule has 4 heteroatoms. The molecule has 25 heavy (non-hydrogen) atoms. The first-order valence-corrected chi connectivity index (χ1v) is 8.35. The Hall–Kier alpha value is -2.43. The molecule has 2 aromatic carbocycles. The summed E-state index contributed by atoms with van der Waals surface area (Å²) in [7, 11) is 1.68. The molecule has 1 heterocycles. The van der Waals surface area contributed by atoms with E-state index in [1.807, 2.05) is 25.1 Å². The number of benzene rings is 2. The van der Waals surface area contributed by atoms with E-state index < -0.39 is 0 Å². The average Bonchev–Trinajstić information content (AvgIpc) is 2.66. The van der Waals surface area contributed by atoms with Gasteiger partial charge in [0.05, 0.1) is 26.0 Å². The first-order valence-electron chi connectivity index (χ1n) is 8.35. The minimum Gasteiger partial charge on any atom is -0.496 e. The van der Waals surface area contributed by atoms with Crippen LogP contribution in [0.2, 0.25) is 0 Å². The first kappa shape index (κ1) is 17.4. The van der Waals surface area contributed by atoms with E-state index in [0.717, 1.165) is 44.5 Å². The second-order valence-corrected chi connectivity index (χ2v) is 6.31. The van der Waals surface area contributed by atoms with Crippen molar-refractivity contribution in [2.45, 2.75) is 33.0 Å². The number of fused-ring (bicyclic) bond motifs is 1. The van der Waals surface area contributed by atoms with Crippen LogP contribution in [0.4, 0.5) is 0 Å². The molecular formula is C21H23NO3. The van der Waals surface area contributed by atoms with Crippen LogP contribution in [0, 0.1) is 6.92 Å². The Balaban J connectivity index is 2.14. The lowest BCUT2D eigenvalue weighted by molar-refractivity contribution is 0.260. The van der Waals surface area contributed by atoms with Gasteiger partial charge in [-0.25, -0.2) is 0 Å². The zero-order chi connectivity index (χ0) is 18.0. The molecule has 0 aliphatic rings. The number of hydrogen-bond acceptors (Lipinski definition) is 4. The summed E-state index contributed by atoms with van der Waals surface area (Å²) in [6.45, 7) is 3.94. The molecule has 1 atom stereocenters. The van der Waals surface area contributed by atoms with E-state index in [1.165, 1.54) is 0 Å². The van der Waals surface area contributed by atoms with Gasteiger partial charge in [0.1, 0.15) is 5.75 Å². The lowest BCUT2D eigenvalue weighted by atomic mass is 9.91. The van der Waals surface area contributed by atoms with E-state index in [0.29, 0.717) is 0 Å². The molecule has 0 radical (unpaired) electrons. The molecule has 1 unspecified atom stereocenters. The van der Waals surface area contributed by atoms with Gasteiger partial charge in [0.15, 0.2) is 0 Å². The van der Waals surface area contributed by atoms with E-state index in [4.69, 9.17) is 4.74 Å². The molecule has 0 aliphatic carbocycles. The molecule has 0 fully saturated rings. The molecule has 130 valence electrons. The van der Waals surface area contributed by atoms with Crippen LogP contribution in [0.5, 0.6) is 5.75 Å². The number of aliphatic hydroxyl groups excluding tert-OH is 2. The molecule has 0 saturated carbocycles. The summed E-state index contributed by atoms with van der Waals surface area (Å²) in [4.78, 5) is 4.61. The largest absolute Gasteiger partial charge is 0.496 e. The third-order valence-electron chi connectivity index (χ3n) is 4.80. The third kappa shape index (κ3) is 3.23. The van der Waals surface area contributed by atoms with E-state index in [9.17, 15) is 10.2 Å². The van der Waals surface area contributed by atoms with Gasteiger partial charge in [-0.05, 0) is 58.8 Å². The summed E-state index contributed by atoms with van der Waals surface area (Å²) >= 11 is 0. The summed E-state index contributed by atoms with van der Waals surface area (Å²) in [5.41, 5.74) is 4.65. The molecule has 3 aromatic rings. The summed E-state index contributed by atoms with van der Waals surface area (Å²) in [6.07, 6.45) is 1.79. The van der Waals surface area contributed by atoms with Gasteiger partial charge >= 0.3 is 0 Å². The SMILES string of the molecule is COc1cc(C(C)c2nccc3cc(CO)c(CO)cc23)ccc1C. The number of ether oxygens (including phenoxy) is 1. The van der Waals surface area contributed by atoms with E-state index in [-0.39, 0.29) is 19.1 Å². The van der Waals surface area contributed by atoms with E-state index in [2.05, 4.69) is 30.1 Å². The van der Waals surface area contributed by atoms with Crippen molar-refractivity contribution in [1.82, 2.24) is 4.98 Å². The Morgan fingerprint density at radius 1 is 1.04 bits per heavy atom. The number of rotatable bonds is 5. The van der Waals surface area contributed by atoms with Crippen molar-refractivity contribution in [3.63, 3.8) is 0 Å². The molecule has 1 aromatic heterocycles. The molecule has 0 aliphatic heterocycles. The Kier molecular flexibility index (Phi) is 5.02. The molecule has 2 N–H and O–H groups in total. The Bertz CT molecular complexity index is 905. The van der Waals surface area contributed by atoms with Gasteiger partial charge in [-0.3, -0.25) is 4.98 Å². The van der Waals surface area contributed by atoms with Gasteiger partial charge in [0.25, 0.3) is 0 Å². The van der Waals surface area contributed by atoms with E-state index >= 15 is 0 Å². The van der Waals surface area contributed by atoms with Crippen molar-refractivity contribution in [3.8, 4) is 5.75 Å². The lowest BCUT2D eigenvalue weighted by Crippen LogP contribution is -2.03. The quantitative estimate of drug-likeness (QED) is 0.745. The zero-order valence-corrected chi connectivity index (χ0v) is 14.8. The van der Waals surface area contributed by atoms with Crippen LogP contribution in [0.3, 0.4) is 0 Å². The van der Waals surface area contributed by atoms with Crippen LogP contribution in [0.1, 0.15) is 40.8 Å². The van der Waals surface area contributed by atoms with Gasteiger partial charge < -0.3 is 14.9 Å². The highest BCUT2D eigenvalue weighted by atomic mass is 16.5.